The molecule has 5 nitrogen and oxygen atoms in total. The summed E-state index contributed by atoms with van der Waals surface area (Å²) in [5, 5.41) is 11.1. The zero-order valence-corrected chi connectivity index (χ0v) is 18.1. The molecule has 0 unspecified atom stereocenters. The number of aromatic nitrogens is 4. The van der Waals surface area contributed by atoms with Crippen LogP contribution in [-0.2, 0) is 0 Å². The Balaban J connectivity index is 1.47. The molecule has 0 saturated heterocycles. The number of benzene rings is 4. The minimum atomic E-state index is 0.469. The normalized spacial score (nSPS) is 11.5. The summed E-state index contributed by atoms with van der Waals surface area (Å²) in [6, 6.07) is 34.7. The number of pyridine rings is 1. The van der Waals surface area contributed by atoms with E-state index in [-0.39, 0.29) is 0 Å². The zero-order valence-electron chi connectivity index (χ0n) is 18.1. The van der Waals surface area contributed by atoms with Crippen molar-refractivity contribution in [3.8, 4) is 34.0 Å². The fraction of sp³-hybridized carbons (Fsp3) is 0. The average molecular weight is 438 g/mol. The minimum Gasteiger partial charge on any atom is -0.416 e. The Morgan fingerprint density at radius 3 is 2.26 bits per heavy atom. The van der Waals surface area contributed by atoms with Gasteiger partial charge in [-0.2, -0.15) is 0 Å². The molecule has 0 aliphatic carbocycles. The first-order valence-corrected chi connectivity index (χ1v) is 11.1. The van der Waals surface area contributed by atoms with E-state index >= 15 is 0 Å². The lowest BCUT2D eigenvalue weighted by Crippen LogP contribution is -1.93. The van der Waals surface area contributed by atoms with Crippen LogP contribution in [0.3, 0.4) is 0 Å². The molecule has 160 valence electrons. The van der Waals surface area contributed by atoms with Crippen LogP contribution in [0.2, 0.25) is 0 Å². The van der Waals surface area contributed by atoms with Crippen LogP contribution >= 0.6 is 0 Å². The molecule has 7 aromatic rings. The van der Waals surface area contributed by atoms with Crippen molar-refractivity contribution >= 4 is 27.5 Å². The van der Waals surface area contributed by atoms with Crippen molar-refractivity contribution in [3.05, 3.63) is 109 Å². The molecule has 0 bridgehead atoms. The van der Waals surface area contributed by atoms with Gasteiger partial charge in [0.05, 0.1) is 16.6 Å². The molecule has 0 spiro atoms. The molecule has 7 rings (SSSR count). The van der Waals surface area contributed by atoms with Crippen LogP contribution < -0.4 is 0 Å². The van der Waals surface area contributed by atoms with Crippen molar-refractivity contribution in [1.29, 1.82) is 0 Å². The molecule has 0 saturated carbocycles. The highest BCUT2D eigenvalue weighted by atomic mass is 16.4. The minimum absolute atomic E-state index is 0.469. The smallest absolute Gasteiger partial charge is 0.248 e. The maximum absolute atomic E-state index is 6.29. The topological polar surface area (TPSA) is 56.2 Å². The molecule has 5 heteroatoms. The summed E-state index contributed by atoms with van der Waals surface area (Å²) >= 11 is 0. The number of para-hydroxylation sites is 2. The molecule has 0 atom stereocenters. The van der Waals surface area contributed by atoms with E-state index in [9.17, 15) is 0 Å². The predicted octanol–water partition coefficient (Wildman–Crippen LogP) is 7.02. The molecule has 4 aromatic carbocycles. The maximum Gasteiger partial charge on any atom is 0.248 e. The molecule has 3 heterocycles. The van der Waals surface area contributed by atoms with E-state index in [0.29, 0.717) is 11.8 Å². The van der Waals surface area contributed by atoms with E-state index in [1.165, 1.54) is 0 Å². The van der Waals surface area contributed by atoms with Gasteiger partial charge in [-0.15, -0.1) is 10.2 Å². The highest BCUT2D eigenvalue weighted by Gasteiger charge is 2.20. The van der Waals surface area contributed by atoms with E-state index in [0.717, 1.165) is 49.7 Å². The third-order valence-electron chi connectivity index (χ3n) is 6.22. The first-order valence-electron chi connectivity index (χ1n) is 11.1. The molecule has 0 amide bonds. The van der Waals surface area contributed by atoms with Crippen LogP contribution in [0, 0.1) is 0 Å². The second-order valence-corrected chi connectivity index (χ2v) is 8.20. The monoisotopic (exact) mass is 438 g/mol. The number of fused-ring (bicyclic) bond motifs is 4. The lowest BCUT2D eigenvalue weighted by molar-refractivity contribution is 0.585. The van der Waals surface area contributed by atoms with Gasteiger partial charge in [0.2, 0.25) is 11.8 Å². The maximum atomic E-state index is 6.29. The lowest BCUT2D eigenvalue weighted by atomic mass is 10.0. The molecule has 0 radical (unpaired) electrons. The third-order valence-corrected chi connectivity index (χ3v) is 6.22. The van der Waals surface area contributed by atoms with Gasteiger partial charge in [-0.05, 0) is 40.6 Å². The van der Waals surface area contributed by atoms with E-state index in [1.54, 1.807) is 0 Å². The zero-order chi connectivity index (χ0) is 22.5. The number of nitrogens with zero attached hydrogens (tertiary/aromatic N) is 4. The van der Waals surface area contributed by atoms with Crippen LogP contribution in [0.4, 0.5) is 0 Å². The van der Waals surface area contributed by atoms with E-state index in [4.69, 9.17) is 9.40 Å². The van der Waals surface area contributed by atoms with Gasteiger partial charge in [0, 0.05) is 17.3 Å². The van der Waals surface area contributed by atoms with Gasteiger partial charge in [0.1, 0.15) is 5.65 Å². The Hall–Kier alpha value is -4.77. The van der Waals surface area contributed by atoms with Crippen molar-refractivity contribution < 1.29 is 4.42 Å². The predicted molar refractivity (Wildman–Crippen MR) is 134 cm³/mol. The largest absolute Gasteiger partial charge is 0.416 e. The highest BCUT2D eigenvalue weighted by Crippen LogP contribution is 2.37. The number of imidazole rings is 1. The van der Waals surface area contributed by atoms with Crippen LogP contribution in [0.15, 0.2) is 114 Å². The summed E-state index contributed by atoms with van der Waals surface area (Å²) in [6.45, 7) is 0. The Morgan fingerprint density at radius 1 is 0.618 bits per heavy atom. The molecular weight excluding hydrogens is 420 g/mol. The Labute approximate surface area is 195 Å². The fourth-order valence-electron chi connectivity index (χ4n) is 4.65. The summed E-state index contributed by atoms with van der Waals surface area (Å²) in [6.07, 6.45) is 2.02. The average Bonchev–Trinajstić information content (AvgIpc) is 3.53. The number of rotatable bonds is 3. The molecule has 0 N–H and O–H groups in total. The van der Waals surface area contributed by atoms with Gasteiger partial charge < -0.3 is 4.42 Å². The van der Waals surface area contributed by atoms with Crippen LogP contribution in [-0.4, -0.2) is 19.6 Å². The first kappa shape index (κ1) is 18.8. The van der Waals surface area contributed by atoms with Gasteiger partial charge in [0.15, 0.2) is 0 Å². The second kappa shape index (κ2) is 7.39. The quantitative estimate of drug-likeness (QED) is 0.297. The Kier molecular flexibility index (Phi) is 4.08. The molecule has 0 aliphatic rings. The summed E-state index contributed by atoms with van der Waals surface area (Å²) in [4.78, 5) is 4.96. The Bertz CT molecular complexity index is 1810. The van der Waals surface area contributed by atoms with Crippen molar-refractivity contribution in [2.24, 2.45) is 0 Å². The van der Waals surface area contributed by atoms with Crippen molar-refractivity contribution in [1.82, 2.24) is 19.6 Å². The molecule has 0 aliphatic heterocycles. The number of hydrogen-bond donors (Lipinski definition) is 0. The van der Waals surface area contributed by atoms with Gasteiger partial charge in [0.25, 0.3) is 0 Å². The highest BCUT2D eigenvalue weighted by molar-refractivity contribution is 5.96. The summed E-state index contributed by atoms with van der Waals surface area (Å²) in [5.74, 6) is 0.968. The van der Waals surface area contributed by atoms with Crippen LogP contribution in [0.25, 0.3) is 61.5 Å². The molecule has 0 fully saturated rings. The van der Waals surface area contributed by atoms with Crippen molar-refractivity contribution in [2.75, 3.05) is 0 Å². The Morgan fingerprint density at radius 2 is 1.35 bits per heavy atom. The molecule has 34 heavy (non-hydrogen) atoms. The second-order valence-electron chi connectivity index (χ2n) is 8.20. The standard InChI is InChI=1S/C29H18N4O/c1-2-10-20(11-3-1)26-23(17-18-33-25-16-7-6-15-24(25)30-27(26)33)29-32-31-28(34-29)22-14-8-12-19-9-4-5-13-21(19)22/h1-18H. The van der Waals surface area contributed by atoms with Crippen molar-refractivity contribution in [3.63, 3.8) is 0 Å². The molecule has 3 aromatic heterocycles. The lowest BCUT2D eigenvalue weighted by Gasteiger charge is -2.09. The van der Waals surface area contributed by atoms with Crippen molar-refractivity contribution in [2.45, 2.75) is 0 Å². The third kappa shape index (κ3) is 2.84. The van der Waals surface area contributed by atoms with Crippen LogP contribution in [0.5, 0.6) is 0 Å². The number of hydrogen-bond acceptors (Lipinski definition) is 4. The van der Waals surface area contributed by atoms with E-state index in [2.05, 4.69) is 51.0 Å². The van der Waals surface area contributed by atoms with Gasteiger partial charge in [-0.1, -0.05) is 78.9 Å². The van der Waals surface area contributed by atoms with E-state index < -0.39 is 0 Å². The van der Waals surface area contributed by atoms with Gasteiger partial charge >= 0.3 is 0 Å². The van der Waals surface area contributed by atoms with Gasteiger partial charge in [-0.25, -0.2) is 4.98 Å². The summed E-state index contributed by atoms with van der Waals surface area (Å²) in [5.41, 5.74) is 6.64. The van der Waals surface area contributed by atoms with Crippen LogP contribution in [0.1, 0.15) is 0 Å². The van der Waals surface area contributed by atoms with Gasteiger partial charge in [-0.3, -0.25) is 4.40 Å². The summed E-state index contributed by atoms with van der Waals surface area (Å²) < 4.78 is 8.40. The first-order chi connectivity index (χ1) is 16.9. The molecular formula is C29H18N4O. The SMILES string of the molecule is c1ccc(-c2c(-c3nnc(-c4cccc5ccccc45)o3)ccn3c2nc2ccccc23)cc1. The van der Waals surface area contributed by atoms with E-state index in [1.807, 2.05) is 72.9 Å². The summed E-state index contributed by atoms with van der Waals surface area (Å²) in [7, 11) is 0. The fourth-order valence-corrected chi connectivity index (χ4v) is 4.65.